The maximum atomic E-state index is 10.7. The van der Waals surface area contributed by atoms with Gasteiger partial charge in [0.1, 0.15) is 0 Å². The third-order valence-electron chi connectivity index (χ3n) is 2.85. The van der Waals surface area contributed by atoms with Gasteiger partial charge in [-0.2, -0.15) is 0 Å². The lowest BCUT2D eigenvalue weighted by molar-refractivity contribution is -0.119. The molecule has 2 unspecified atom stereocenters. The maximum absolute atomic E-state index is 10.7. The lowest BCUT2D eigenvalue weighted by atomic mass is 9.98. The lowest BCUT2D eigenvalue weighted by Gasteiger charge is -2.13. The molecule has 1 rings (SSSR count). The van der Waals surface area contributed by atoms with E-state index in [9.17, 15) is 4.79 Å². The molecule has 0 saturated heterocycles. The molecule has 94 valence electrons. The first-order valence-electron chi connectivity index (χ1n) is 5.92. The second kappa shape index (κ2) is 7.04. The third kappa shape index (κ3) is 4.97. The Hall–Kier alpha value is -1.39. The van der Waals surface area contributed by atoms with Gasteiger partial charge in [0.05, 0.1) is 6.04 Å². The second-order valence-corrected chi connectivity index (χ2v) is 4.31. The van der Waals surface area contributed by atoms with Crippen LogP contribution in [0, 0.1) is 0 Å². The molecule has 0 aliphatic heterocycles. The molecule has 17 heavy (non-hydrogen) atoms. The van der Waals surface area contributed by atoms with Crippen molar-refractivity contribution < 1.29 is 4.79 Å². The van der Waals surface area contributed by atoms with Crippen molar-refractivity contribution in [3.8, 4) is 0 Å². The van der Waals surface area contributed by atoms with Gasteiger partial charge in [0.2, 0.25) is 5.91 Å². The molecule has 0 aromatic heterocycles. The van der Waals surface area contributed by atoms with Crippen LogP contribution < -0.4 is 16.8 Å². The van der Waals surface area contributed by atoms with Crippen LogP contribution in [0.4, 0.5) is 0 Å². The number of carbonyl (C=O) groups excluding carboxylic acids is 1. The average Bonchev–Trinajstić information content (AvgIpc) is 2.35. The molecule has 0 spiro atoms. The molecular weight excluding hydrogens is 214 g/mol. The van der Waals surface area contributed by atoms with Crippen molar-refractivity contribution in [1.29, 1.82) is 0 Å². The molecule has 5 N–H and O–H groups in total. The van der Waals surface area contributed by atoms with E-state index in [1.165, 1.54) is 5.56 Å². The zero-order valence-corrected chi connectivity index (χ0v) is 10.2. The van der Waals surface area contributed by atoms with Crippen molar-refractivity contribution >= 4 is 5.91 Å². The summed E-state index contributed by atoms with van der Waals surface area (Å²) < 4.78 is 0. The molecule has 1 amide bonds. The van der Waals surface area contributed by atoms with Gasteiger partial charge in [0, 0.05) is 6.54 Å². The molecule has 0 fully saturated rings. The molecular formula is C13H21N3O. The maximum Gasteiger partial charge on any atom is 0.235 e. The first-order valence-corrected chi connectivity index (χ1v) is 5.92. The molecule has 1 aromatic rings. The predicted octanol–water partition coefficient (Wildman–Crippen LogP) is 0.582. The number of hydrogen-bond donors (Lipinski definition) is 3. The number of amides is 1. The van der Waals surface area contributed by atoms with E-state index in [-0.39, 0.29) is 0 Å². The van der Waals surface area contributed by atoms with Crippen LogP contribution in [0.5, 0.6) is 0 Å². The predicted molar refractivity (Wildman–Crippen MR) is 69.5 cm³/mol. The second-order valence-electron chi connectivity index (χ2n) is 4.31. The van der Waals surface area contributed by atoms with E-state index < -0.39 is 11.9 Å². The zero-order chi connectivity index (χ0) is 12.7. The first-order chi connectivity index (χ1) is 8.11. The van der Waals surface area contributed by atoms with Gasteiger partial charge in [-0.3, -0.25) is 4.79 Å². The number of benzene rings is 1. The Kier molecular flexibility index (Phi) is 5.66. The molecule has 0 aliphatic rings. The van der Waals surface area contributed by atoms with E-state index in [0.29, 0.717) is 12.5 Å². The van der Waals surface area contributed by atoms with Gasteiger partial charge in [-0.15, -0.1) is 0 Å². The van der Waals surface area contributed by atoms with Gasteiger partial charge in [0.25, 0.3) is 0 Å². The fourth-order valence-electron chi connectivity index (χ4n) is 1.62. The molecule has 2 atom stereocenters. The number of nitrogens with one attached hydrogen (secondary N) is 1. The zero-order valence-electron chi connectivity index (χ0n) is 10.2. The van der Waals surface area contributed by atoms with Crippen molar-refractivity contribution in [3.05, 3.63) is 35.9 Å². The Morgan fingerprint density at radius 2 is 2.00 bits per heavy atom. The fourth-order valence-corrected chi connectivity index (χ4v) is 1.62. The average molecular weight is 235 g/mol. The van der Waals surface area contributed by atoms with Crippen LogP contribution >= 0.6 is 0 Å². The van der Waals surface area contributed by atoms with Crippen LogP contribution in [0.1, 0.15) is 24.8 Å². The van der Waals surface area contributed by atoms with Crippen LogP contribution in [0.25, 0.3) is 0 Å². The van der Waals surface area contributed by atoms with E-state index in [0.717, 1.165) is 13.0 Å². The van der Waals surface area contributed by atoms with E-state index in [4.69, 9.17) is 11.5 Å². The largest absolute Gasteiger partial charge is 0.368 e. The number of hydrogen-bond acceptors (Lipinski definition) is 3. The Morgan fingerprint density at radius 1 is 1.35 bits per heavy atom. The Balaban J connectivity index is 2.21. The molecule has 1 aromatic carbocycles. The highest BCUT2D eigenvalue weighted by Crippen LogP contribution is 2.17. The minimum atomic E-state index is -0.595. The summed E-state index contributed by atoms with van der Waals surface area (Å²) in [4.78, 5) is 10.7. The quantitative estimate of drug-likeness (QED) is 0.605. The smallest absolute Gasteiger partial charge is 0.235 e. The van der Waals surface area contributed by atoms with Crippen LogP contribution in [-0.4, -0.2) is 25.0 Å². The van der Waals surface area contributed by atoms with Crippen molar-refractivity contribution in [2.24, 2.45) is 11.5 Å². The van der Waals surface area contributed by atoms with Crippen LogP contribution in [0.3, 0.4) is 0 Å². The van der Waals surface area contributed by atoms with Gasteiger partial charge < -0.3 is 16.8 Å². The van der Waals surface area contributed by atoms with Gasteiger partial charge in [-0.05, 0) is 24.4 Å². The molecule has 0 aliphatic carbocycles. The summed E-state index contributed by atoms with van der Waals surface area (Å²) in [6.07, 6.45) is 1.01. The molecule has 0 radical (unpaired) electrons. The summed E-state index contributed by atoms with van der Waals surface area (Å²) in [5, 5.41) is 3.14. The summed E-state index contributed by atoms with van der Waals surface area (Å²) in [5.41, 5.74) is 11.9. The Morgan fingerprint density at radius 3 is 2.59 bits per heavy atom. The van der Waals surface area contributed by atoms with Crippen LogP contribution in [-0.2, 0) is 4.79 Å². The molecule has 4 heteroatoms. The molecule has 0 bridgehead atoms. The van der Waals surface area contributed by atoms with Gasteiger partial charge in [-0.25, -0.2) is 0 Å². The lowest BCUT2D eigenvalue weighted by Crippen LogP contribution is -2.44. The van der Waals surface area contributed by atoms with Crippen molar-refractivity contribution in [3.63, 3.8) is 0 Å². The van der Waals surface area contributed by atoms with Crippen molar-refractivity contribution in [2.75, 3.05) is 13.1 Å². The monoisotopic (exact) mass is 235 g/mol. The van der Waals surface area contributed by atoms with Crippen LogP contribution in [0.2, 0.25) is 0 Å². The van der Waals surface area contributed by atoms with Crippen LogP contribution in [0.15, 0.2) is 30.3 Å². The Bertz CT molecular complexity index is 340. The minimum Gasteiger partial charge on any atom is -0.368 e. The normalized spacial score (nSPS) is 14.2. The molecule has 4 nitrogen and oxygen atoms in total. The van der Waals surface area contributed by atoms with Gasteiger partial charge >= 0.3 is 0 Å². The first kappa shape index (κ1) is 13.7. The summed E-state index contributed by atoms with van der Waals surface area (Å²) in [6, 6.07) is 9.76. The van der Waals surface area contributed by atoms with Crippen molar-refractivity contribution in [2.45, 2.75) is 25.3 Å². The van der Waals surface area contributed by atoms with Gasteiger partial charge in [0.15, 0.2) is 0 Å². The number of primary amides is 1. The standard InChI is InChI=1S/C13H21N3O/c1-10(11-5-3-2-4-6-11)7-8-16-9-12(14)13(15)17/h2-6,10,12,16H,7-9,14H2,1H3,(H2,15,17). The Labute approximate surface area is 102 Å². The molecule has 0 saturated carbocycles. The van der Waals surface area contributed by atoms with E-state index in [1.54, 1.807) is 0 Å². The summed E-state index contributed by atoms with van der Waals surface area (Å²) >= 11 is 0. The summed E-state index contributed by atoms with van der Waals surface area (Å²) in [6.45, 7) is 3.46. The van der Waals surface area contributed by atoms with E-state index in [2.05, 4.69) is 24.4 Å². The van der Waals surface area contributed by atoms with E-state index in [1.807, 2.05) is 18.2 Å². The summed E-state index contributed by atoms with van der Waals surface area (Å²) in [7, 11) is 0. The topological polar surface area (TPSA) is 81.1 Å². The number of nitrogens with two attached hydrogens (primary N) is 2. The highest BCUT2D eigenvalue weighted by Gasteiger charge is 2.08. The SMILES string of the molecule is CC(CCNCC(N)C(N)=O)c1ccccc1. The molecule has 0 heterocycles. The van der Waals surface area contributed by atoms with E-state index >= 15 is 0 Å². The number of carbonyl (C=O) groups is 1. The van der Waals surface area contributed by atoms with Crippen molar-refractivity contribution in [1.82, 2.24) is 5.32 Å². The summed E-state index contributed by atoms with van der Waals surface area (Å²) in [5.74, 6) is 0.0297. The highest BCUT2D eigenvalue weighted by atomic mass is 16.1. The number of rotatable bonds is 7. The minimum absolute atomic E-state index is 0.441. The van der Waals surface area contributed by atoms with Gasteiger partial charge in [-0.1, -0.05) is 37.3 Å². The highest BCUT2D eigenvalue weighted by molar-refractivity contribution is 5.79. The third-order valence-corrected chi connectivity index (χ3v) is 2.85. The fraction of sp³-hybridized carbons (Fsp3) is 0.462.